The number of nitrogens with zero attached hydrogens (tertiary/aromatic N) is 5. The number of aryl methyl sites for hydroxylation is 1. The van der Waals surface area contributed by atoms with Crippen LogP contribution in [0.5, 0.6) is 5.75 Å². The summed E-state index contributed by atoms with van der Waals surface area (Å²) in [6.07, 6.45) is -3.48. The van der Waals surface area contributed by atoms with Crippen molar-refractivity contribution in [2.75, 3.05) is 24.5 Å². The number of benzene rings is 2. The molecule has 46 heavy (non-hydrogen) atoms. The summed E-state index contributed by atoms with van der Waals surface area (Å²) in [6, 6.07) is 8.31. The zero-order valence-electron chi connectivity index (χ0n) is 24.4. The Morgan fingerprint density at radius 1 is 1.07 bits per heavy atom. The summed E-state index contributed by atoms with van der Waals surface area (Å²) < 4.78 is 94.6. The summed E-state index contributed by atoms with van der Waals surface area (Å²) in [6.45, 7) is 3.39. The third kappa shape index (κ3) is 8.23. The van der Waals surface area contributed by atoms with Crippen LogP contribution in [-0.2, 0) is 27.3 Å². The zero-order chi connectivity index (χ0) is 33.9. The quantitative estimate of drug-likeness (QED) is 0.245. The van der Waals surface area contributed by atoms with Crippen LogP contribution in [0.3, 0.4) is 0 Å². The lowest BCUT2D eigenvalue weighted by atomic mass is 10.0. The highest BCUT2D eigenvalue weighted by Crippen LogP contribution is 2.32. The average Bonchev–Trinajstić information content (AvgIpc) is 3.44. The second kappa shape index (κ2) is 13.8. The molecule has 0 bridgehead atoms. The number of rotatable bonds is 8. The molecule has 3 heterocycles. The molecule has 1 atom stereocenters. The molecule has 2 aromatic carbocycles. The summed E-state index contributed by atoms with van der Waals surface area (Å²) >= 11 is 1.26. The Kier molecular flexibility index (Phi) is 10.4. The van der Waals surface area contributed by atoms with Gasteiger partial charge in [0.05, 0.1) is 15.8 Å². The maximum Gasteiger partial charge on any atom is 0.573 e. The molecule has 3 N–H and O–H groups in total. The number of thiazole rings is 1. The molecule has 4 aromatic rings. The van der Waals surface area contributed by atoms with Crippen LogP contribution in [0.25, 0.3) is 10.3 Å². The topological polar surface area (TPSA) is 152 Å². The fourth-order valence-corrected chi connectivity index (χ4v) is 6.89. The van der Waals surface area contributed by atoms with Gasteiger partial charge < -0.3 is 20.5 Å². The monoisotopic (exact) mass is 688 g/mol. The number of halogens is 5. The minimum atomic E-state index is -4.92. The van der Waals surface area contributed by atoms with Gasteiger partial charge in [0.1, 0.15) is 17.6 Å². The predicted octanol–water partition coefficient (Wildman–Crippen LogP) is 4.90. The SMILES string of the molecule is CCC(F)(F)c1ccc(CN)cc1.Cc1ncc2sc(N3CCN(S(=O)(=O)c4ccc(OC(F)(F)F)cc4)[C@@H](C(=O)O)C3)nc2n1. The third-order valence-corrected chi connectivity index (χ3v) is 9.83. The lowest BCUT2D eigenvalue weighted by molar-refractivity contribution is -0.274. The molecule has 0 radical (unpaired) electrons. The van der Waals surface area contributed by atoms with Crippen LogP contribution in [0.4, 0.5) is 27.1 Å². The van der Waals surface area contributed by atoms with E-state index in [1.54, 1.807) is 30.2 Å². The minimum absolute atomic E-state index is 0.0622. The van der Waals surface area contributed by atoms with Gasteiger partial charge in [0, 0.05) is 38.2 Å². The first-order chi connectivity index (χ1) is 21.5. The van der Waals surface area contributed by atoms with Crippen LogP contribution in [0.2, 0.25) is 0 Å². The number of aromatic nitrogens is 3. The number of carboxylic acid groups (broad SMARTS) is 1. The van der Waals surface area contributed by atoms with E-state index >= 15 is 0 Å². The van der Waals surface area contributed by atoms with E-state index in [9.17, 15) is 40.3 Å². The molecule has 1 saturated heterocycles. The van der Waals surface area contributed by atoms with Gasteiger partial charge in [-0.05, 0) is 36.8 Å². The first-order valence-electron chi connectivity index (χ1n) is 13.7. The van der Waals surface area contributed by atoms with Crippen LogP contribution < -0.4 is 15.4 Å². The lowest BCUT2D eigenvalue weighted by Gasteiger charge is -2.38. The Morgan fingerprint density at radius 3 is 2.28 bits per heavy atom. The number of alkyl halides is 5. The number of hydrogen-bond donors (Lipinski definition) is 2. The zero-order valence-corrected chi connectivity index (χ0v) is 26.0. The van der Waals surface area contributed by atoms with E-state index in [-0.39, 0.29) is 36.5 Å². The number of piperazine rings is 1. The fraction of sp³-hybridized carbons (Fsp3) is 0.357. The number of hydrogen-bond acceptors (Lipinski definition) is 10. The highest BCUT2D eigenvalue weighted by Gasteiger charge is 2.41. The first kappa shape index (κ1) is 34.9. The van der Waals surface area contributed by atoms with Gasteiger partial charge in [-0.15, -0.1) is 13.2 Å². The van der Waals surface area contributed by atoms with Gasteiger partial charge in [-0.3, -0.25) is 4.79 Å². The van der Waals surface area contributed by atoms with Crippen molar-refractivity contribution >= 4 is 42.8 Å². The maximum atomic E-state index is 13.1. The highest BCUT2D eigenvalue weighted by atomic mass is 32.2. The summed E-state index contributed by atoms with van der Waals surface area (Å²) in [5.41, 5.74) is 6.75. The van der Waals surface area contributed by atoms with Gasteiger partial charge in [-0.1, -0.05) is 42.5 Å². The Hall–Kier alpha value is -4.00. The van der Waals surface area contributed by atoms with Gasteiger partial charge in [0.2, 0.25) is 10.0 Å². The van der Waals surface area contributed by atoms with Crippen molar-refractivity contribution in [3.8, 4) is 5.75 Å². The van der Waals surface area contributed by atoms with Crippen LogP contribution in [0.15, 0.2) is 59.6 Å². The molecular formula is C28H29F5N6O5S2. The number of ether oxygens (including phenoxy) is 1. The first-order valence-corrected chi connectivity index (χ1v) is 15.9. The predicted molar refractivity (Wildman–Crippen MR) is 159 cm³/mol. The number of anilines is 1. The molecule has 1 fully saturated rings. The van der Waals surface area contributed by atoms with Crippen molar-refractivity contribution in [2.24, 2.45) is 5.73 Å². The number of sulfonamides is 1. The Balaban J connectivity index is 0.000000310. The molecule has 0 aliphatic carbocycles. The van der Waals surface area contributed by atoms with Gasteiger partial charge in [0.25, 0.3) is 5.92 Å². The number of nitrogens with two attached hydrogens (primary N) is 1. The smallest absolute Gasteiger partial charge is 0.480 e. The molecule has 11 nitrogen and oxygen atoms in total. The summed E-state index contributed by atoms with van der Waals surface area (Å²) in [4.78, 5) is 26.0. The molecule has 0 saturated carbocycles. The normalized spacial score (nSPS) is 16.2. The van der Waals surface area contributed by atoms with Gasteiger partial charge >= 0.3 is 12.3 Å². The van der Waals surface area contributed by atoms with E-state index in [1.807, 2.05) is 0 Å². The van der Waals surface area contributed by atoms with E-state index in [2.05, 4.69) is 19.7 Å². The Bertz CT molecular complexity index is 1770. The van der Waals surface area contributed by atoms with Crippen molar-refractivity contribution < 1.29 is 45.0 Å². The van der Waals surface area contributed by atoms with E-state index in [1.165, 1.54) is 30.4 Å². The molecule has 2 aromatic heterocycles. The minimum Gasteiger partial charge on any atom is -0.480 e. The molecule has 0 amide bonds. The van der Waals surface area contributed by atoms with Crippen molar-refractivity contribution in [3.05, 3.63) is 71.7 Å². The molecule has 0 unspecified atom stereocenters. The summed E-state index contributed by atoms with van der Waals surface area (Å²) in [5, 5.41) is 10.2. The van der Waals surface area contributed by atoms with E-state index in [4.69, 9.17) is 5.73 Å². The molecule has 1 aliphatic heterocycles. The van der Waals surface area contributed by atoms with Crippen LogP contribution in [-0.4, -0.2) is 70.8 Å². The number of carbonyl (C=O) groups is 1. The van der Waals surface area contributed by atoms with Crippen molar-refractivity contribution in [3.63, 3.8) is 0 Å². The number of fused-ring (bicyclic) bond motifs is 1. The molecule has 18 heteroatoms. The Labute approximate surface area is 264 Å². The fourth-order valence-electron chi connectivity index (χ4n) is 4.41. The number of carboxylic acids is 1. The lowest BCUT2D eigenvalue weighted by Crippen LogP contribution is -2.58. The van der Waals surface area contributed by atoms with E-state index in [0.29, 0.717) is 27.8 Å². The van der Waals surface area contributed by atoms with Gasteiger partial charge in [-0.2, -0.15) is 9.29 Å². The molecule has 5 rings (SSSR count). The number of aliphatic carboxylic acids is 1. The van der Waals surface area contributed by atoms with Gasteiger partial charge in [-0.25, -0.2) is 27.2 Å². The third-order valence-electron chi connectivity index (χ3n) is 6.87. The van der Waals surface area contributed by atoms with E-state index in [0.717, 1.165) is 34.1 Å². The molecule has 0 spiro atoms. The van der Waals surface area contributed by atoms with Crippen molar-refractivity contribution in [1.29, 1.82) is 0 Å². The second-order valence-electron chi connectivity index (χ2n) is 10.00. The largest absolute Gasteiger partial charge is 0.573 e. The standard InChI is InChI=1S/C18H16F3N5O5S2.C10H13F2N/c1-10-22-8-14-15(23-10)24-17(32-14)25-6-7-26(13(9-25)16(27)28)33(29,30)12-4-2-11(3-5-12)31-18(19,20)21;1-2-10(11,12)9-5-3-8(7-13)4-6-9/h2-5,8,13H,6-7,9H2,1H3,(H,27,28);3-6H,2,7,13H2,1H3/t13-;/m1./s1. The summed E-state index contributed by atoms with van der Waals surface area (Å²) in [5.74, 6) is -4.13. The molecule has 248 valence electrons. The van der Waals surface area contributed by atoms with Crippen molar-refractivity contribution in [1.82, 2.24) is 19.3 Å². The second-order valence-corrected chi connectivity index (χ2v) is 12.9. The maximum absolute atomic E-state index is 13.1. The van der Waals surface area contributed by atoms with Crippen LogP contribution in [0, 0.1) is 6.92 Å². The van der Waals surface area contributed by atoms with Gasteiger partial charge in [0.15, 0.2) is 10.8 Å². The van der Waals surface area contributed by atoms with Crippen molar-refractivity contribution in [2.45, 2.75) is 50.0 Å². The molecule has 1 aliphatic rings. The van der Waals surface area contributed by atoms with E-state index < -0.39 is 40.1 Å². The van der Waals surface area contributed by atoms with Crippen LogP contribution >= 0.6 is 11.3 Å². The van der Waals surface area contributed by atoms with Crippen LogP contribution in [0.1, 0.15) is 30.3 Å². The highest BCUT2D eigenvalue weighted by molar-refractivity contribution is 7.89. The average molecular weight is 689 g/mol. The Morgan fingerprint density at radius 2 is 1.72 bits per heavy atom. The summed E-state index contributed by atoms with van der Waals surface area (Å²) in [7, 11) is -4.30. The molecular weight excluding hydrogens is 659 g/mol.